The number of hydrogen-bond acceptors (Lipinski definition) is 4. The van der Waals surface area contributed by atoms with E-state index in [-0.39, 0.29) is 0 Å². The molecule has 0 saturated heterocycles. The van der Waals surface area contributed by atoms with Gasteiger partial charge in [-0.05, 0) is 54.3 Å². The second-order valence-electron chi connectivity index (χ2n) is 5.07. The molecular formula is C16H16N4. The molecule has 0 spiro atoms. The number of anilines is 2. The maximum Gasteiger partial charge on any atom is 0.140 e. The molecule has 0 atom stereocenters. The Bertz CT molecular complexity index is 672. The van der Waals surface area contributed by atoms with Crippen LogP contribution in [0.3, 0.4) is 0 Å². The van der Waals surface area contributed by atoms with Crippen molar-refractivity contribution in [3.8, 4) is 6.07 Å². The minimum atomic E-state index is 0.469. The monoisotopic (exact) mass is 264 g/mol. The predicted octanol–water partition coefficient (Wildman–Crippen LogP) is 2.49. The summed E-state index contributed by atoms with van der Waals surface area (Å²) in [6, 6.07) is 12.0. The van der Waals surface area contributed by atoms with Gasteiger partial charge in [0.25, 0.3) is 0 Å². The van der Waals surface area contributed by atoms with E-state index in [2.05, 4.69) is 28.1 Å². The minimum absolute atomic E-state index is 0.469. The zero-order valence-electron chi connectivity index (χ0n) is 11.2. The average Bonchev–Trinajstić information content (AvgIpc) is 2.47. The van der Waals surface area contributed by atoms with Gasteiger partial charge in [0.2, 0.25) is 0 Å². The maximum absolute atomic E-state index is 8.92. The number of rotatable bonds is 2. The molecule has 0 fully saturated rings. The molecule has 1 aromatic heterocycles. The van der Waals surface area contributed by atoms with Gasteiger partial charge in [-0.3, -0.25) is 0 Å². The fraction of sp³-hybridized carbons (Fsp3) is 0.250. The molecule has 100 valence electrons. The van der Waals surface area contributed by atoms with Gasteiger partial charge >= 0.3 is 0 Å². The van der Waals surface area contributed by atoms with E-state index in [0.717, 1.165) is 37.2 Å². The normalized spacial score (nSPS) is 13.7. The lowest BCUT2D eigenvalue weighted by atomic mass is 10.0. The highest BCUT2D eigenvalue weighted by Crippen LogP contribution is 2.29. The van der Waals surface area contributed by atoms with E-state index < -0.39 is 0 Å². The van der Waals surface area contributed by atoms with Crippen LogP contribution in [0.5, 0.6) is 0 Å². The van der Waals surface area contributed by atoms with Crippen LogP contribution < -0.4 is 10.6 Å². The Kier molecular flexibility index (Phi) is 3.26. The van der Waals surface area contributed by atoms with E-state index >= 15 is 0 Å². The molecule has 1 aliphatic heterocycles. The lowest BCUT2D eigenvalue weighted by Crippen LogP contribution is -2.28. The van der Waals surface area contributed by atoms with E-state index in [0.29, 0.717) is 5.69 Å². The van der Waals surface area contributed by atoms with Crippen LogP contribution in [0, 0.1) is 11.3 Å². The summed E-state index contributed by atoms with van der Waals surface area (Å²) in [4.78, 5) is 6.35. The van der Waals surface area contributed by atoms with Crippen LogP contribution in [0.4, 0.5) is 11.4 Å². The van der Waals surface area contributed by atoms with Crippen LogP contribution >= 0.6 is 0 Å². The molecule has 2 heterocycles. The smallest absolute Gasteiger partial charge is 0.140 e. The minimum Gasteiger partial charge on any atom is -0.399 e. The van der Waals surface area contributed by atoms with Gasteiger partial charge in [-0.2, -0.15) is 5.26 Å². The molecule has 0 unspecified atom stereocenters. The van der Waals surface area contributed by atoms with E-state index in [9.17, 15) is 0 Å². The SMILES string of the molecule is N#Cc1cc(CN2CCCc3cc(N)ccc32)ccn1. The lowest BCUT2D eigenvalue weighted by Gasteiger charge is -2.31. The fourth-order valence-electron chi connectivity index (χ4n) is 2.71. The van der Waals surface area contributed by atoms with Gasteiger partial charge in [0, 0.05) is 30.7 Å². The summed E-state index contributed by atoms with van der Waals surface area (Å²) in [5.41, 5.74) is 10.8. The van der Waals surface area contributed by atoms with E-state index in [1.165, 1.54) is 11.3 Å². The van der Waals surface area contributed by atoms with Crippen LogP contribution in [0.2, 0.25) is 0 Å². The Labute approximate surface area is 118 Å². The van der Waals surface area contributed by atoms with Gasteiger partial charge in [-0.1, -0.05) is 0 Å². The summed E-state index contributed by atoms with van der Waals surface area (Å²) < 4.78 is 0. The summed E-state index contributed by atoms with van der Waals surface area (Å²) in [5.74, 6) is 0. The van der Waals surface area contributed by atoms with Crippen molar-refractivity contribution in [1.82, 2.24) is 4.98 Å². The quantitative estimate of drug-likeness (QED) is 0.846. The molecular weight excluding hydrogens is 248 g/mol. The molecule has 20 heavy (non-hydrogen) atoms. The van der Waals surface area contributed by atoms with Crippen LogP contribution in [0.1, 0.15) is 23.2 Å². The molecule has 4 nitrogen and oxygen atoms in total. The first kappa shape index (κ1) is 12.5. The van der Waals surface area contributed by atoms with Crippen molar-refractivity contribution in [2.75, 3.05) is 17.2 Å². The molecule has 0 saturated carbocycles. The molecule has 2 N–H and O–H groups in total. The zero-order valence-corrected chi connectivity index (χ0v) is 11.2. The number of fused-ring (bicyclic) bond motifs is 1. The topological polar surface area (TPSA) is 65.9 Å². The van der Waals surface area contributed by atoms with E-state index in [4.69, 9.17) is 11.0 Å². The standard InChI is InChI=1S/C16H16N4/c17-10-15-8-12(5-6-19-15)11-20-7-1-2-13-9-14(18)3-4-16(13)20/h3-6,8-9H,1-2,7,11,18H2. The molecule has 4 heteroatoms. The number of nitrogens with zero attached hydrogens (tertiary/aromatic N) is 3. The van der Waals surface area contributed by atoms with Crippen molar-refractivity contribution in [3.63, 3.8) is 0 Å². The molecule has 0 radical (unpaired) electrons. The van der Waals surface area contributed by atoms with Crippen LogP contribution in [0.15, 0.2) is 36.5 Å². The molecule has 0 amide bonds. The molecule has 1 aromatic carbocycles. The van der Waals surface area contributed by atoms with Gasteiger partial charge < -0.3 is 10.6 Å². The fourth-order valence-corrected chi connectivity index (χ4v) is 2.71. The third-order valence-electron chi connectivity index (χ3n) is 3.63. The number of aryl methyl sites for hydroxylation is 1. The summed E-state index contributed by atoms with van der Waals surface area (Å²) in [5, 5.41) is 8.92. The highest BCUT2D eigenvalue weighted by Gasteiger charge is 2.17. The first-order valence-electron chi connectivity index (χ1n) is 6.74. The van der Waals surface area contributed by atoms with Gasteiger partial charge in [0.05, 0.1) is 0 Å². The summed E-state index contributed by atoms with van der Waals surface area (Å²) in [7, 11) is 0. The number of benzene rings is 1. The van der Waals surface area contributed by atoms with E-state index in [1.54, 1.807) is 6.20 Å². The third-order valence-corrected chi connectivity index (χ3v) is 3.63. The number of aromatic nitrogens is 1. The Balaban J connectivity index is 1.88. The maximum atomic E-state index is 8.92. The number of hydrogen-bond donors (Lipinski definition) is 1. The van der Waals surface area contributed by atoms with E-state index in [1.807, 2.05) is 18.2 Å². The zero-order chi connectivity index (χ0) is 13.9. The van der Waals surface area contributed by atoms with Gasteiger partial charge in [0.1, 0.15) is 11.8 Å². The molecule has 3 rings (SSSR count). The van der Waals surface area contributed by atoms with Crippen LogP contribution in [-0.4, -0.2) is 11.5 Å². The second kappa shape index (κ2) is 5.22. The molecule has 2 aromatic rings. The Morgan fingerprint density at radius 3 is 3.05 bits per heavy atom. The Morgan fingerprint density at radius 1 is 1.30 bits per heavy atom. The number of pyridine rings is 1. The summed E-state index contributed by atoms with van der Waals surface area (Å²) in [6.07, 6.45) is 3.91. The highest BCUT2D eigenvalue weighted by atomic mass is 15.1. The molecule has 1 aliphatic rings. The van der Waals surface area contributed by atoms with Gasteiger partial charge in [-0.15, -0.1) is 0 Å². The van der Waals surface area contributed by atoms with Crippen LogP contribution in [0.25, 0.3) is 0 Å². The Morgan fingerprint density at radius 2 is 2.20 bits per heavy atom. The van der Waals surface area contributed by atoms with Gasteiger partial charge in [0.15, 0.2) is 0 Å². The van der Waals surface area contributed by atoms with Crippen molar-refractivity contribution in [2.45, 2.75) is 19.4 Å². The Hall–Kier alpha value is -2.54. The van der Waals surface area contributed by atoms with Crippen molar-refractivity contribution in [1.29, 1.82) is 5.26 Å². The number of nitrogens with two attached hydrogens (primary N) is 1. The number of nitriles is 1. The third kappa shape index (κ3) is 2.43. The predicted molar refractivity (Wildman–Crippen MR) is 79.2 cm³/mol. The first-order chi connectivity index (χ1) is 9.76. The lowest BCUT2D eigenvalue weighted by molar-refractivity contribution is 0.691. The van der Waals surface area contributed by atoms with Crippen LogP contribution in [-0.2, 0) is 13.0 Å². The molecule has 0 bridgehead atoms. The summed E-state index contributed by atoms with van der Waals surface area (Å²) in [6.45, 7) is 1.83. The van der Waals surface area contributed by atoms with Crippen molar-refractivity contribution in [3.05, 3.63) is 53.3 Å². The summed E-state index contributed by atoms with van der Waals surface area (Å²) >= 11 is 0. The van der Waals surface area contributed by atoms with Crippen molar-refractivity contribution in [2.24, 2.45) is 0 Å². The number of nitrogen functional groups attached to an aromatic ring is 1. The average molecular weight is 264 g/mol. The first-order valence-corrected chi connectivity index (χ1v) is 6.74. The molecule has 0 aliphatic carbocycles. The van der Waals surface area contributed by atoms with Gasteiger partial charge in [-0.25, -0.2) is 4.98 Å². The second-order valence-corrected chi connectivity index (χ2v) is 5.07. The van der Waals surface area contributed by atoms with Crippen molar-refractivity contribution < 1.29 is 0 Å². The largest absolute Gasteiger partial charge is 0.399 e. The highest BCUT2D eigenvalue weighted by molar-refractivity contribution is 5.61. The van der Waals surface area contributed by atoms with Crippen molar-refractivity contribution >= 4 is 11.4 Å².